The number of aromatic nitrogens is 1. The predicted octanol–water partition coefficient (Wildman–Crippen LogP) is 1.96. The van der Waals surface area contributed by atoms with Crippen molar-refractivity contribution in [2.24, 2.45) is 0 Å². The number of nitrogens with zero attached hydrogens (tertiary/aromatic N) is 1. The zero-order chi connectivity index (χ0) is 9.84. The van der Waals surface area contributed by atoms with Gasteiger partial charge in [-0.1, -0.05) is 0 Å². The minimum atomic E-state index is -0.305. The molecule has 0 aliphatic heterocycles. The second-order valence-corrected chi connectivity index (χ2v) is 3.09. The van der Waals surface area contributed by atoms with Crippen molar-refractivity contribution in [3.05, 3.63) is 29.6 Å². The molecule has 3 nitrogen and oxygen atoms in total. The number of carbonyl (C=O) groups excluding carboxylic acids is 1. The molecule has 0 unspecified atom stereocenters. The van der Waals surface area contributed by atoms with Gasteiger partial charge < -0.3 is 4.74 Å². The number of esters is 1. The van der Waals surface area contributed by atoms with Crippen LogP contribution >= 0.6 is 0 Å². The zero-order valence-corrected chi connectivity index (χ0v) is 8.07. The first-order valence-corrected chi connectivity index (χ1v) is 4.24. The summed E-state index contributed by atoms with van der Waals surface area (Å²) in [5, 5.41) is 0. The maximum atomic E-state index is 11.4. The second-order valence-electron chi connectivity index (χ2n) is 3.09. The van der Waals surface area contributed by atoms with E-state index < -0.39 is 0 Å². The summed E-state index contributed by atoms with van der Waals surface area (Å²) in [6.45, 7) is 5.43. The summed E-state index contributed by atoms with van der Waals surface area (Å²) in [5.41, 5.74) is 1.24. The number of aryl methyl sites for hydroxylation is 1. The molecule has 0 fully saturated rings. The fourth-order valence-corrected chi connectivity index (χ4v) is 0.978. The second kappa shape index (κ2) is 4.03. The number of ether oxygens (including phenoxy) is 1. The third-order valence-electron chi connectivity index (χ3n) is 1.57. The van der Waals surface area contributed by atoms with E-state index in [0.717, 1.165) is 0 Å². The smallest absolute Gasteiger partial charge is 0.340 e. The Morgan fingerprint density at radius 2 is 2.23 bits per heavy atom. The van der Waals surface area contributed by atoms with Crippen LogP contribution in [0.5, 0.6) is 0 Å². The maximum absolute atomic E-state index is 11.4. The molecule has 13 heavy (non-hydrogen) atoms. The van der Waals surface area contributed by atoms with Crippen molar-refractivity contribution in [3.63, 3.8) is 0 Å². The summed E-state index contributed by atoms with van der Waals surface area (Å²) in [6.07, 6.45) is 1.56. The Morgan fingerprint density at radius 1 is 1.54 bits per heavy atom. The number of rotatable bonds is 2. The average Bonchev–Trinajstić information content (AvgIpc) is 2.03. The Kier molecular flexibility index (Phi) is 3.01. The van der Waals surface area contributed by atoms with E-state index in [9.17, 15) is 4.79 Å². The van der Waals surface area contributed by atoms with Gasteiger partial charge in [-0.15, -0.1) is 0 Å². The molecular formula is C10H13NO2. The Labute approximate surface area is 77.8 Å². The standard InChI is InChI=1S/C10H13NO2/c1-7(2)13-10(12)9-5-4-6-11-8(9)3/h4-7H,1-3H3. The van der Waals surface area contributed by atoms with E-state index in [-0.39, 0.29) is 12.1 Å². The van der Waals surface area contributed by atoms with Gasteiger partial charge in [0.15, 0.2) is 0 Å². The van der Waals surface area contributed by atoms with Crippen LogP contribution in [0.4, 0.5) is 0 Å². The third-order valence-corrected chi connectivity index (χ3v) is 1.57. The predicted molar refractivity (Wildman–Crippen MR) is 49.5 cm³/mol. The van der Waals surface area contributed by atoms with Gasteiger partial charge in [0.2, 0.25) is 0 Å². The highest BCUT2D eigenvalue weighted by molar-refractivity contribution is 5.90. The van der Waals surface area contributed by atoms with Crippen molar-refractivity contribution < 1.29 is 9.53 Å². The Balaban J connectivity index is 2.83. The Hall–Kier alpha value is -1.38. The van der Waals surface area contributed by atoms with Crippen LogP contribution in [0.2, 0.25) is 0 Å². The molecule has 0 amide bonds. The van der Waals surface area contributed by atoms with E-state index in [1.54, 1.807) is 25.3 Å². The highest BCUT2D eigenvalue weighted by Crippen LogP contribution is 2.06. The molecule has 1 aromatic heterocycles. The number of hydrogen-bond donors (Lipinski definition) is 0. The van der Waals surface area contributed by atoms with Crippen LogP contribution in [0.15, 0.2) is 18.3 Å². The van der Waals surface area contributed by atoms with Crippen LogP contribution in [0, 0.1) is 6.92 Å². The molecule has 1 rings (SSSR count). The first kappa shape index (κ1) is 9.71. The van der Waals surface area contributed by atoms with E-state index in [0.29, 0.717) is 11.3 Å². The monoisotopic (exact) mass is 179 g/mol. The lowest BCUT2D eigenvalue weighted by atomic mass is 10.2. The van der Waals surface area contributed by atoms with E-state index in [4.69, 9.17) is 4.74 Å². The van der Waals surface area contributed by atoms with E-state index in [2.05, 4.69) is 4.98 Å². The van der Waals surface area contributed by atoms with Crippen LogP contribution < -0.4 is 0 Å². The number of carbonyl (C=O) groups is 1. The summed E-state index contributed by atoms with van der Waals surface area (Å²) in [5.74, 6) is -0.305. The molecule has 0 saturated heterocycles. The van der Waals surface area contributed by atoms with Gasteiger partial charge in [0.1, 0.15) is 0 Å². The quantitative estimate of drug-likeness (QED) is 0.651. The molecule has 0 spiro atoms. The molecule has 0 aromatic carbocycles. The SMILES string of the molecule is Cc1ncccc1C(=O)OC(C)C. The van der Waals surface area contributed by atoms with Crippen molar-refractivity contribution in [3.8, 4) is 0 Å². The average molecular weight is 179 g/mol. The van der Waals surface area contributed by atoms with Crippen molar-refractivity contribution in [2.45, 2.75) is 26.9 Å². The lowest BCUT2D eigenvalue weighted by Gasteiger charge is -2.08. The Morgan fingerprint density at radius 3 is 2.77 bits per heavy atom. The highest BCUT2D eigenvalue weighted by atomic mass is 16.5. The van der Waals surface area contributed by atoms with Crippen LogP contribution in [0.3, 0.4) is 0 Å². The van der Waals surface area contributed by atoms with Crippen molar-refractivity contribution in [1.29, 1.82) is 0 Å². The van der Waals surface area contributed by atoms with E-state index >= 15 is 0 Å². The minimum Gasteiger partial charge on any atom is -0.459 e. The van der Waals surface area contributed by atoms with Crippen molar-refractivity contribution in [2.75, 3.05) is 0 Å². The molecule has 0 radical (unpaired) electrons. The van der Waals surface area contributed by atoms with Gasteiger partial charge in [0, 0.05) is 6.20 Å². The first-order valence-electron chi connectivity index (χ1n) is 4.24. The van der Waals surface area contributed by atoms with Gasteiger partial charge in [0.25, 0.3) is 0 Å². The van der Waals surface area contributed by atoms with Gasteiger partial charge >= 0.3 is 5.97 Å². The van der Waals surface area contributed by atoms with E-state index in [1.165, 1.54) is 0 Å². The summed E-state index contributed by atoms with van der Waals surface area (Å²) >= 11 is 0. The summed E-state index contributed by atoms with van der Waals surface area (Å²) < 4.78 is 5.04. The van der Waals surface area contributed by atoms with Gasteiger partial charge in [0.05, 0.1) is 17.4 Å². The van der Waals surface area contributed by atoms with Crippen molar-refractivity contribution in [1.82, 2.24) is 4.98 Å². The molecule has 0 N–H and O–H groups in total. The summed E-state index contributed by atoms with van der Waals surface area (Å²) in [7, 11) is 0. The molecule has 0 bridgehead atoms. The summed E-state index contributed by atoms with van der Waals surface area (Å²) in [6, 6.07) is 3.44. The van der Waals surface area contributed by atoms with Gasteiger partial charge in [-0.2, -0.15) is 0 Å². The van der Waals surface area contributed by atoms with Gasteiger partial charge in [-0.05, 0) is 32.9 Å². The normalized spacial score (nSPS) is 10.2. The maximum Gasteiger partial charge on any atom is 0.340 e. The topological polar surface area (TPSA) is 39.2 Å². The van der Waals surface area contributed by atoms with Crippen LogP contribution in [-0.2, 0) is 4.74 Å². The molecule has 70 valence electrons. The molecule has 0 saturated carbocycles. The van der Waals surface area contributed by atoms with Crippen molar-refractivity contribution >= 4 is 5.97 Å². The van der Waals surface area contributed by atoms with Crippen LogP contribution in [0.1, 0.15) is 29.9 Å². The van der Waals surface area contributed by atoms with Crippen LogP contribution in [-0.4, -0.2) is 17.1 Å². The lowest BCUT2D eigenvalue weighted by Crippen LogP contribution is -2.13. The number of hydrogen-bond acceptors (Lipinski definition) is 3. The molecule has 0 aliphatic carbocycles. The fraction of sp³-hybridized carbons (Fsp3) is 0.400. The molecule has 0 aliphatic rings. The fourth-order valence-electron chi connectivity index (χ4n) is 0.978. The Bertz CT molecular complexity index is 308. The molecule has 1 aromatic rings. The largest absolute Gasteiger partial charge is 0.459 e. The van der Waals surface area contributed by atoms with Gasteiger partial charge in [-0.25, -0.2) is 4.79 Å². The number of pyridine rings is 1. The van der Waals surface area contributed by atoms with Crippen LogP contribution in [0.25, 0.3) is 0 Å². The van der Waals surface area contributed by atoms with E-state index in [1.807, 2.05) is 13.8 Å². The van der Waals surface area contributed by atoms with Gasteiger partial charge in [-0.3, -0.25) is 4.98 Å². The molecular weight excluding hydrogens is 166 g/mol. The minimum absolute atomic E-state index is 0.0906. The zero-order valence-electron chi connectivity index (χ0n) is 8.07. The molecule has 1 heterocycles. The summed E-state index contributed by atoms with van der Waals surface area (Å²) in [4.78, 5) is 15.4. The third kappa shape index (κ3) is 2.54. The lowest BCUT2D eigenvalue weighted by molar-refractivity contribution is 0.0376. The highest BCUT2D eigenvalue weighted by Gasteiger charge is 2.11. The molecule has 3 heteroatoms. The first-order chi connectivity index (χ1) is 6.11. The molecule has 0 atom stereocenters.